The summed E-state index contributed by atoms with van der Waals surface area (Å²) in [7, 11) is 0. The van der Waals surface area contributed by atoms with Crippen LogP contribution in [0.2, 0.25) is 0 Å². The standard InChI is InChI=1S/C21H28N4O4S/c1-14-3-4-15(2)17(11-14)23-19(27)12-24(16-5-6-16)9-7-18(26)22-8-10-25-20(28)13-30-21(25)29/h3-4,11,16H,5-10,12-13H2,1-2H3,(H,22,26)(H,23,27). The highest BCUT2D eigenvalue weighted by Gasteiger charge is 2.31. The number of nitrogens with one attached hydrogen (secondary N) is 2. The van der Waals surface area contributed by atoms with Crippen LogP contribution >= 0.6 is 11.8 Å². The summed E-state index contributed by atoms with van der Waals surface area (Å²) in [5.74, 6) is -0.274. The number of imide groups is 1. The van der Waals surface area contributed by atoms with Crippen LogP contribution in [-0.2, 0) is 14.4 Å². The smallest absolute Gasteiger partial charge is 0.288 e. The molecule has 1 aromatic rings. The Morgan fingerprint density at radius 1 is 1.20 bits per heavy atom. The minimum Gasteiger partial charge on any atom is -0.354 e. The average Bonchev–Trinajstić information content (AvgIpc) is 3.49. The Morgan fingerprint density at radius 3 is 2.63 bits per heavy atom. The maximum Gasteiger partial charge on any atom is 0.288 e. The van der Waals surface area contributed by atoms with Gasteiger partial charge in [-0.25, -0.2) is 0 Å². The van der Waals surface area contributed by atoms with Crippen LogP contribution in [0, 0.1) is 13.8 Å². The second kappa shape index (κ2) is 10.1. The number of aryl methyl sites for hydroxylation is 2. The zero-order valence-electron chi connectivity index (χ0n) is 17.4. The van der Waals surface area contributed by atoms with Crippen molar-refractivity contribution < 1.29 is 19.2 Å². The Bertz CT molecular complexity index is 824. The third-order valence-corrected chi connectivity index (χ3v) is 6.06. The molecular formula is C21H28N4O4S. The van der Waals surface area contributed by atoms with E-state index in [2.05, 4.69) is 10.6 Å². The molecule has 0 atom stereocenters. The summed E-state index contributed by atoms with van der Waals surface area (Å²) in [6.07, 6.45) is 2.34. The predicted octanol–water partition coefficient (Wildman–Crippen LogP) is 1.91. The first-order valence-electron chi connectivity index (χ1n) is 10.2. The van der Waals surface area contributed by atoms with Crippen molar-refractivity contribution in [2.75, 3.05) is 37.2 Å². The maximum absolute atomic E-state index is 12.5. The van der Waals surface area contributed by atoms with Gasteiger partial charge in [-0.15, -0.1) is 0 Å². The minimum atomic E-state index is -0.260. The molecule has 1 saturated carbocycles. The van der Waals surface area contributed by atoms with Crippen molar-refractivity contribution in [3.8, 4) is 0 Å². The Balaban J connectivity index is 1.41. The van der Waals surface area contributed by atoms with Gasteiger partial charge in [0.25, 0.3) is 5.24 Å². The highest BCUT2D eigenvalue weighted by Crippen LogP contribution is 2.27. The van der Waals surface area contributed by atoms with E-state index in [1.807, 2.05) is 36.9 Å². The van der Waals surface area contributed by atoms with Gasteiger partial charge >= 0.3 is 0 Å². The summed E-state index contributed by atoms with van der Waals surface area (Å²) in [5, 5.41) is 5.46. The molecule has 0 radical (unpaired) electrons. The van der Waals surface area contributed by atoms with Crippen molar-refractivity contribution in [1.29, 1.82) is 0 Å². The summed E-state index contributed by atoms with van der Waals surface area (Å²) in [4.78, 5) is 51.0. The minimum absolute atomic E-state index is 0.0837. The van der Waals surface area contributed by atoms with Crippen molar-refractivity contribution in [3.63, 3.8) is 0 Å². The van der Waals surface area contributed by atoms with Gasteiger partial charge in [0.2, 0.25) is 17.7 Å². The molecule has 0 unspecified atom stereocenters. The highest BCUT2D eigenvalue weighted by atomic mass is 32.2. The van der Waals surface area contributed by atoms with Crippen molar-refractivity contribution >= 4 is 40.4 Å². The molecular weight excluding hydrogens is 404 g/mol. The van der Waals surface area contributed by atoms with E-state index in [-0.39, 0.29) is 54.8 Å². The highest BCUT2D eigenvalue weighted by molar-refractivity contribution is 8.14. The Labute approximate surface area is 180 Å². The van der Waals surface area contributed by atoms with Crippen LogP contribution in [-0.4, -0.2) is 70.7 Å². The molecule has 1 saturated heterocycles. The Kier molecular flexibility index (Phi) is 7.49. The van der Waals surface area contributed by atoms with Gasteiger partial charge in [-0.3, -0.25) is 29.0 Å². The van der Waals surface area contributed by atoms with Gasteiger partial charge in [-0.1, -0.05) is 23.9 Å². The van der Waals surface area contributed by atoms with E-state index >= 15 is 0 Å². The molecule has 162 valence electrons. The largest absolute Gasteiger partial charge is 0.354 e. The van der Waals surface area contributed by atoms with Crippen LogP contribution in [0.4, 0.5) is 10.5 Å². The lowest BCUT2D eigenvalue weighted by atomic mass is 10.1. The van der Waals surface area contributed by atoms with Gasteiger partial charge in [-0.2, -0.15) is 0 Å². The van der Waals surface area contributed by atoms with Gasteiger partial charge in [-0.05, 0) is 43.9 Å². The zero-order valence-corrected chi connectivity index (χ0v) is 18.2. The van der Waals surface area contributed by atoms with E-state index in [0.29, 0.717) is 12.6 Å². The predicted molar refractivity (Wildman–Crippen MR) is 116 cm³/mol. The number of hydrogen-bond donors (Lipinski definition) is 2. The fourth-order valence-electron chi connectivity index (χ4n) is 3.31. The van der Waals surface area contributed by atoms with Gasteiger partial charge in [0.15, 0.2) is 0 Å². The number of nitrogens with zero attached hydrogens (tertiary/aromatic N) is 2. The van der Waals surface area contributed by atoms with Crippen molar-refractivity contribution in [2.24, 2.45) is 0 Å². The van der Waals surface area contributed by atoms with Gasteiger partial charge < -0.3 is 10.6 Å². The first-order valence-corrected chi connectivity index (χ1v) is 11.2. The van der Waals surface area contributed by atoms with Crippen molar-refractivity contribution in [2.45, 2.75) is 39.2 Å². The molecule has 2 fully saturated rings. The Hall–Kier alpha value is -2.39. The molecule has 1 aromatic carbocycles. The summed E-state index contributed by atoms with van der Waals surface area (Å²) in [6, 6.07) is 6.29. The van der Waals surface area contributed by atoms with Crippen LogP contribution in [0.25, 0.3) is 0 Å². The van der Waals surface area contributed by atoms with E-state index in [1.54, 1.807) is 0 Å². The molecule has 2 N–H and O–H groups in total. The lowest BCUT2D eigenvalue weighted by Crippen LogP contribution is -2.40. The van der Waals surface area contributed by atoms with Gasteiger partial charge in [0, 0.05) is 37.8 Å². The van der Waals surface area contributed by atoms with Gasteiger partial charge in [0.1, 0.15) is 0 Å². The van der Waals surface area contributed by atoms with Gasteiger partial charge in [0.05, 0.1) is 12.3 Å². The van der Waals surface area contributed by atoms with E-state index in [1.165, 1.54) is 4.90 Å². The summed E-state index contributed by atoms with van der Waals surface area (Å²) < 4.78 is 0. The molecule has 9 heteroatoms. The number of anilines is 1. The molecule has 0 spiro atoms. The molecule has 1 aliphatic heterocycles. The fraction of sp³-hybridized carbons (Fsp3) is 0.524. The lowest BCUT2D eigenvalue weighted by Gasteiger charge is -2.21. The second-order valence-electron chi connectivity index (χ2n) is 7.77. The number of rotatable bonds is 10. The summed E-state index contributed by atoms with van der Waals surface area (Å²) in [6.45, 7) is 5.13. The van der Waals surface area contributed by atoms with Crippen molar-refractivity contribution in [3.05, 3.63) is 29.3 Å². The van der Waals surface area contributed by atoms with E-state index in [0.717, 1.165) is 41.4 Å². The van der Waals surface area contributed by atoms with Crippen LogP contribution in [0.1, 0.15) is 30.4 Å². The number of carbonyl (C=O) groups is 4. The van der Waals surface area contributed by atoms with E-state index < -0.39 is 0 Å². The maximum atomic E-state index is 12.5. The number of amides is 4. The molecule has 0 bridgehead atoms. The normalized spacial score (nSPS) is 16.3. The topological polar surface area (TPSA) is 98.8 Å². The van der Waals surface area contributed by atoms with Crippen LogP contribution < -0.4 is 10.6 Å². The van der Waals surface area contributed by atoms with E-state index in [9.17, 15) is 19.2 Å². The third kappa shape index (κ3) is 6.30. The number of hydrogen-bond acceptors (Lipinski definition) is 6. The quantitative estimate of drug-likeness (QED) is 0.586. The van der Waals surface area contributed by atoms with Crippen LogP contribution in [0.15, 0.2) is 18.2 Å². The zero-order chi connectivity index (χ0) is 21.7. The Morgan fingerprint density at radius 2 is 1.97 bits per heavy atom. The SMILES string of the molecule is Cc1ccc(C)c(NC(=O)CN(CCC(=O)NCCN2C(=O)CSC2=O)C2CC2)c1. The molecule has 1 heterocycles. The molecule has 0 aromatic heterocycles. The van der Waals surface area contributed by atoms with E-state index in [4.69, 9.17) is 0 Å². The number of thioether (sulfide) groups is 1. The molecule has 1 aliphatic carbocycles. The molecule has 30 heavy (non-hydrogen) atoms. The third-order valence-electron chi connectivity index (χ3n) is 5.20. The molecule has 4 amide bonds. The average molecular weight is 433 g/mol. The second-order valence-corrected chi connectivity index (χ2v) is 8.69. The van der Waals surface area contributed by atoms with Crippen molar-refractivity contribution in [1.82, 2.24) is 15.1 Å². The summed E-state index contributed by atoms with van der Waals surface area (Å²) >= 11 is 0.985. The first-order chi connectivity index (χ1) is 14.3. The number of benzene rings is 1. The first kappa shape index (κ1) is 22.3. The molecule has 8 nitrogen and oxygen atoms in total. The number of carbonyl (C=O) groups excluding carboxylic acids is 4. The van der Waals surface area contributed by atoms with Crippen LogP contribution in [0.5, 0.6) is 0 Å². The molecule has 2 aliphatic rings. The summed E-state index contributed by atoms with van der Waals surface area (Å²) in [5.41, 5.74) is 2.92. The monoisotopic (exact) mass is 432 g/mol. The molecule has 3 rings (SSSR count). The fourth-order valence-corrected chi connectivity index (χ4v) is 4.06. The lowest BCUT2D eigenvalue weighted by molar-refractivity contribution is -0.125. The van der Waals surface area contributed by atoms with Crippen LogP contribution in [0.3, 0.4) is 0 Å².